The summed E-state index contributed by atoms with van der Waals surface area (Å²) in [5.74, 6) is 1.15. The molecule has 0 aromatic heterocycles. The second kappa shape index (κ2) is 6.82. The zero-order valence-electron chi connectivity index (χ0n) is 14.1. The molecule has 22 heavy (non-hydrogen) atoms. The molecule has 1 fully saturated rings. The fourth-order valence-electron chi connectivity index (χ4n) is 4.42. The lowest BCUT2D eigenvalue weighted by atomic mass is 9.57. The number of carbonyl (C=O) groups is 1. The molecule has 1 aliphatic carbocycles. The maximum absolute atomic E-state index is 12.5. The van der Waals surface area contributed by atoms with Crippen molar-refractivity contribution in [3.8, 4) is 0 Å². The number of hydrogen-bond donors (Lipinski definition) is 2. The number of primary amides is 1. The first-order chi connectivity index (χ1) is 10.4. The van der Waals surface area contributed by atoms with Crippen LogP contribution in [0.4, 0.5) is 0 Å². The predicted molar refractivity (Wildman–Crippen MR) is 91.0 cm³/mol. The highest BCUT2D eigenvalue weighted by Gasteiger charge is 2.49. The van der Waals surface area contributed by atoms with Gasteiger partial charge in [-0.25, -0.2) is 0 Å². The highest BCUT2D eigenvalue weighted by atomic mass is 16.1. The first-order valence-electron chi connectivity index (χ1n) is 8.47. The van der Waals surface area contributed by atoms with Crippen molar-refractivity contribution in [2.45, 2.75) is 52.5 Å². The Labute approximate surface area is 134 Å². The number of amides is 1. The number of nitrogens with two attached hydrogens (primary N) is 2. The van der Waals surface area contributed by atoms with Crippen molar-refractivity contribution < 1.29 is 4.79 Å². The van der Waals surface area contributed by atoms with E-state index in [4.69, 9.17) is 11.5 Å². The molecule has 1 aliphatic rings. The van der Waals surface area contributed by atoms with Gasteiger partial charge in [0.05, 0.1) is 5.41 Å². The third-order valence-electron chi connectivity index (χ3n) is 5.50. The first-order valence-corrected chi connectivity index (χ1v) is 8.47. The zero-order chi connectivity index (χ0) is 16.3. The molecule has 0 aliphatic heterocycles. The summed E-state index contributed by atoms with van der Waals surface area (Å²) in [4.78, 5) is 12.5. The average molecular weight is 302 g/mol. The average Bonchev–Trinajstić information content (AvgIpc) is 2.47. The van der Waals surface area contributed by atoms with E-state index in [0.717, 1.165) is 18.4 Å². The molecule has 1 saturated carbocycles. The second-order valence-electron chi connectivity index (χ2n) is 7.48. The number of rotatable bonds is 5. The Hall–Kier alpha value is -1.35. The Bertz CT molecular complexity index is 499. The second-order valence-corrected chi connectivity index (χ2v) is 7.48. The highest BCUT2D eigenvalue weighted by Crippen LogP contribution is 2.51. The van der Waals surface area contributed by atoms with Crippen LogP contribution >= 0.6 is 0 Å². The van der Waals surface area contributed by atoms with Crippen molar-refractivity contribution in [2.24, 2.45) is 34.6 Å². The van der Waals surface area contributed by atoms with Gasteiger partial charge in [0.25, 0.3) is 0 Å². The van der Waals surface area contributed by atoms with Crippen LogP contribution in [0.3, 0.4) is 0 Å². The molecule has 1 aromatic rings. The van der Waals surface area contributed by atoms with Crippen LogP contribution in [0.2, 0.25) is 0 Å². The lowest BCUT2D eigenvalue weighted by molar-refractivity contribution is -0.137. The first kappa shape index (κ1) is 17.0. The van der Waals surface area contributed by atoms with Gasteiger partial charge in [0.1, 0.15) is 0 Å². The third-order valence-corrected chi connectivity index (χ3v) is 5.50. The topological polar surface area (TPSA) is 69.1 Å². The summed E-state index contributed by atoms with van der Waals surface area (Å²) < 4.78 is 0. The third kappa shape index (κ3) is 3.35. The van der Waals surface area contributed by atoms with Gasteiger partial charge in [-0.1, -0.05) is 57.5 Å². The summed E-state index contributed by atoms with van der Waals surface area (Å²) in [6, 6.07) is 9.91. The van der Waals surface area contributed by atoms with Gasteiger partial charge in [-0.15, -0.1) is 0 Å². The molecule has 122 valence electrons. The quantitative estimate of drug-likeness (QED) is 0.872. The lowest BCUT2D eigenvalue weighted by Gasteiger charge is -2.47. The van der Waals surface area contributed by atoms with Crippen molar-refractivity contribution in [1.29, 1.82) is 0 Å². The molecule has 0 spiro atoms. The molecule has 3 heteroatoms. The van der Waals surface area contributed by atoms with Crippen LogP contribution < -0.4 is 11.5 Å². The molecule has 0 saturated heterocycles. The summed E-state index contributed by atoms with van der Waals surface area (Å²) >= 11 is 0. The van der Waals surface area contributed by atoms with E-state index in [1.54, 1.807) is 0 Å². The van der Waals surface area contributed by atoms with Crippen molar-refractivity contribution in [3.63, 3.8) is 0 Å². The van der Waals surface area contributed by atoms with Gasteiger partial charge in [0.2, 0.25) is 5.91 Å². The minimum atomic E-state index is -0.471. The van der Waals surface area contributed by atoms with Crippen molar-refractivity contribution in [1.82, 2.24) is 0 Å². The Balaban J connectivity index is 2.31. The molecule has 1 aromatic carbocycles. The highest BCUT2D eigenvalue weighted by molar-refractivity contribution is 5.81. The normalized spacial score (nSPS) is 30.2. The van der Waals surface area contributed by atoms with Crippen LogP contribution in [0, 0.1) is 23.2 Å². The maximum atomic E-state index is 12.5. The molecule has 3 unspecified atom stereocenters. The summed E-state index contributed by atoms with van der Waals surface area (Å²) in [5, 5.41) is 0. The van der Waals surface area contributed by atoms with Crippen LogP contribution in [0.25, 0.3) is 0 Å². The Morgan fingerprint density at radius 1 is 1.27 bits per heavy atom. The van der Waals surface area contributed by atoms with E-state index in [-0.39, 0.29) is 11.9 Å². The summed E-state index contributed by atoms with van der Waals surface area (Å²) in [7, 11) is 0. The van der Waals surface area contributed by atoms with Crippen LogP contribution in [-0.2, 0) is 4.79 Å². The minimum Gasteiger partial charge on any atom is -0.369 e. The molecule has 0 heterocycles. The molecule has 0 radical (unpaired) electrons. The molecule has 2 rings (SSSR count). The molecule has 3 nitrogen and oxygen atoms in total. The summed E-state index contributed by atoms with van der Waals surface area (Å²) in [6.07, 6.45) is 3.77. The van der Waals surface area contributed by atoms with Gasteiger partial charge in [0.15, 0.2) is 0 Å². The van der Waals surface area contributed by atoms with Gasteiger partial charge < -0.3 is 11.5 Å². The largest absolute Gasteiger partial charge is 0.369 e. The van der Waals surface area contributed by atoms with Crippen LogP contribution in [0.5, 0.6) is 0 Å². The van der Waals surface area contributed by atoms with E-state index in [0.29, 0.717) is 24.2 Å². The number of carbonyl (C=O) groups excluding carboxylic acids is 1. The minimum absolute atomic E-state index is 0.139. The van der Waals surface area contributed by atoms with E-state index < -0.39 is 5.41 Å². The molecule has 4 N–H and O–H groups in total. The Kier molecular flexibility index (Phi) is 5.28. The Morgan fingerprint density at radius 2 is 1.91 bits per heavy atom. The van der Waals surface area contributed by atoms with E-state index in [9.17, 15) is 4.79 Å². The standard InChI is InChI=1S/C19H30N2O/c1-13(2)16-10-9-14(3)11-19(16,18(21)22)12-17(20)15-7-5-4-6-8-15/h4-8,13-14,16-17H,9-12,20H2,1-3H3,(H2,21,22)/t14?,16?,17-,19?/m1/s1. The Morgan fingerprint density at radius 3 is 2.45 bits per heavy atom. The monoisotopic (exact) mass is 302 g/mol. The van der Waals surface area contributed by atoms with Crippen molar-refractivity contribution >= 4 is 5.91 Å². The van der Waals surface area contributed by atoms with Crippen LogP contribution in [0.15, 0.2) is 30.3 Å². The van der Waals surface area contributed by atoms with Gasteiger partial charge in [-0.2, -0.15) is 0 Å². The van der Waals surface area contributed by atoms with Crippen molar-refractivity contribution in [3.05, 3.63) is 35.9 Å². The summed E-state index contributed by atoms with van der Waals surface area (Å²) in [6.45, 7) is 6.63. The fraction of sp³-hybridized carbons (Fsp3) is 0.632. The SMILES string of the molecule is CC1CCC(C(C)C)C(C[C@@H](N)c2ccccc2)(C(N)=O)C1. The molecule has 1 amide bonds. The van der Waals surface area contributed by atoms with E-state index in [2.05, 4.69) is 20.8 Å². The fourth-order valence-corrected chi connectivity index (χ4v) is 4.42. The predicted octanol–water partition coefficient (Wildman–Crippen LogP) is 3.64. The van der Waals surface area contributed by atoms with Gasteiger partial charge in [-0.05, 0) is 42.6 Å². The molecular formula is C19H30N2O. The van der Waals surface area contributed by atoms with Crippen LogP contribution in [-0.4, -0.2) is 5.91 Å². The maximum Gasteiger partial charge on any atom is 0.224 e. The van der Waals surface area contributed by atoms with Gasteiger partial charge >= 0.3 is 0 Å². The summed E-state index contributed by atoms with van der Waals surface area (Å²) in [5.41, 5.74) is 13.0. The van der Waals surface area contributed by atoms with E-state index in [1.807, 2.05) is 30.3 Å². The smallest absolute Gasteiger partial charge is 0.224 e. The van der Waals surface area contributed by atoms with Crippen LogP contribution in [0.1, 0.15) is 58.1 Å². The number of hydrogen-bond acceptors (Lipinski definition) is 2. The van der Waals surface area contributed by atoms with E-state index >= 15 is 0 Å². The molecule has 0 bridgehead atoms. The van der Waals surface area contributed by atoms with E-state index in [1.165, 1.54) is 6.42 Å². The van der Waals surface area contributed by atoms with Gasteiger partial charge in [-0.3, -0.25) is 4.79 Å². The van der Waals surface area contributed by atoms with Gasteiger partial charge in [0, 0.05) is 6.04 Å². The van der Waals surface area contributed by atoms with Crippen molar-refractivity contribution in [2.75, 3.05) is 0 Å². The molecule has 4 atom stereocenters. The zero-order valence-corrected chi connectivity index (χ0v) is 14.1. The number of benzene rings is 1. The lowest BCUT2D eigenvalue weighted by Crippen LogP contribution is -2.50. The molecular weight excluding hydrogens is 272 g/mol.